The monoisotopic (exact) mass is 853 g/mol. The van der Waals surface area contributed by atoms with Crippen LogP contribution in [0.4, 0.5) is 0 Å². The Bertz CT molecular complexity index is 3560. The van der Waals surface area contributed by atoms with E-state index in [1.165, 1.54) is 33.0 Å². The van der Waals surface area contributed by atoms with E-state index in [4.69, 9.17) is 9.97 Å². The first kappa shape index (κ1) is 39.7. The number of benzene rings is 10. The van der Waals surface area contributed by atoms with Crippen molar-refractivity contribution in [3.8, 4) is 95.2 Å². The standard InChI is InChI=1S/C64H43N3/c1-8-22-44(23-9-1)51-36-37-61-57(38-51)58-40-52(45-24-10-2-11-25-45)39-54(46-26-12-3-13-27-46)63(58)67(61)62-55(47-28-14-4-15-29-47)41-53(42-56(62)48-30-16-5-17-31-48)64-65-59(49-32-18-6-19-33-49)43-60(66-64)50-34-20-7-21-35-50/h1-43H. The zero-order valence-corrected chi connectivity index (χ0v) is 36.7. The normalized spacial score (nSPS) is 11.3. The van der Waals surface area contributed by atoms with E-state index in [1.54, 1.807) is 0 Å². The molecule has 0 atom stereocenters. The first-order valence-corrected chi connectivity index (χ1v) is 22.8. The number of nitrogens with zero attached hydrogens (tertiary/aromatic N) is 3. The van der Waals surface area contributed by atoms with Crippen molar-refractivity contribution in [2.24, 2.45) is 0 Å². The first-order chi connectivity index (χ1) is 33.2. The maximum absolute atomic E-state index is 5.37. The second-order valence-corrected chi connectivity index (χ2v) is 16.9. The van der Waals surface area contributed by atoms with Gasteiger partial charge in [-0.3, -0.25) is 0 Å². The molecule has 2 heterocycles. The molecule has 0 radical (unpaired) electrons. The molecule has 0 bridgehead atoms. The van der Waals surface area contributed by atoms with Crippen LogP contribution < -0.4 is 0 Å². The largest absolute Gasteiger partial charge is 0.307 e. The molecule has 314 valence electrons. The number of rotatable bonds is 9. The van der Waals surface area contributed by atoms with Gasteiger partial charge in [-0.2, -0.15) is 0 Å². The fourth-order valence-electron chi connectivity index (χ4n) is 9.60. The van der Waals surface area contributed by atoms with Crippen molar-refractivity contribution in [2.45, 2.75) is 0 Å². The summed E-state index contributed by atoms with van der Waals surface area (Å²) >= 11 is 0. The summed E-state index contributed by atoms with van der Waals surface area (Å²) in [7, 11) is 0. The Labute approximate surface area is 390 Å². The second-order valence-electron chi connectivity index (χ2n) is 16.9. The smallest absolute Gasteiger partial charge is 0.160 e. The molecule has 0 unspecified atom stereocenters. The van der Waals surface area contributed by atoms with Crippen molar-refractivity contribution in [1.82, 2.24) is 14.5 Å². The Balaban J connectivity index is 1.23. The van der Waals surface area contributed by atoms with E-state index < -0.39 is 0 Å². The minimum absolute atomic E-state index is 0.660. The highest BCUT2D eigenvalue weighted by Crippen LogP contribution is 2.47. The van der Waals surface area contributed by atoms with Gasteiger partial charge < -0.3 is 4.57 Å². The molecule has 0 saturated carbocycles. The van der Waals surface area contributed by atoms with Crippen LogP contribution in [0.2, 0.25) is 0 Å². The highest BCUT2D eigenvalue weighted by Gasteiger charge is 2.25. The lowest BCUT2D eigenvalue weighted by Crippen LogP contribution is -2.04. The molecule has 10 aromatic carbocycles. The van der Waals surface area contributed by atoms with Gasteiger partial charge in [-0.1, -0.05) is 218 Å². The van der Waals surface area contributed by atoms with Crippen molar-refractivity contribution < 1.29 is 0 Å². The quantitative estimate of drug-likeness (QED) is 0.145. The van der Waals surface area contributed by atoms with Crippen LogP contribution in [0.5, 0.6) is 0 Å². The predicted octanol–water partition coefficient (Wildman–Crippen LogP) is 16.9. The van der Waals surface area contributed by atoms with E-state index in [-0.39, 0.29) is 0 Å². The third kappa shape index (κ3) is 7.49. The van der Waals surface area contributed by atoms with Crippen LogP contribution in [0, 0.1) is 0 Å². The van der Waals surface area contributed by atoms with Crippen LogP contribution in [0.15, 0.2) is 261 Å². The summed E-state index contributed by atoms with van der Waals surface area (Å²) in [5.41, 5.74) is 19.4. The zero-order chi connectivity index (χ0) is 44.5. The maximum Gasteiger partial charge on any atom is 0.160 e. The molecule has 0 fully saturated rings. The molecule has 67 heavy (non-hydrogen) atoms. The molecule has 0 aliphatic heterocycles. The van der Waals surface area contributed by atoms with Gasteiger partial charge in [-0.05, 0) is 81.4 Å². The van der Waals surface area contributed by atoms with Crippen LogP contribution in [-0.2, 0) is 0 Å². The van der Waals surface area contributed by atoms with E-state index in [9.17, 15) is 0 Å². The molecule has 0 aliphatic carbocycles. The van der Waals surface area contributed by atoms with Crippen LogP contribution in [0.25, 0.3) is 117 Å². The van der Waals surface area contributed by atoms with Gasteiger partial charge in [0, 0.05) is 44.2 Å². The predicted molar refractivity (Wildman–Crippen MR) is 280 cm³/mol. The Kier molecular flexibility index (Phi) is 10.2. The van der Waals surface area contributed by atoms with Crippen molar-refractivity contribution in [1.29, 1.82) is 0 Å². The summed E-state index contributed by atoms with van der Waals surface area (Å²) < 4.78 is 2.54. The topological polar surface area (TPSA) is 30.7 Å². The Morgan fingerprint density at radius 2 is 0.627 bits per heavy atom. The summed E-state index contributed by atoms with van der Waals surface area (Å²) in [5, 5.41) is 2.36. The third-order valence-electron chi connectivity index (χ3n) is 12.8. The molecule has 0 amide bonds. The molecule has 0 spiro atoms. The van der Waals surface area contributed by atoms with Crippen molar-refractivity contribution in [2.75, 3.05) is 0 Å². The van der Waals surface area contributed by atoms with Crippen LogP contribution in [0.1, 0.15) is 0 Å². The summed E-state index contributed by atoms with van der Waals surface area (Å²) in [6.07, 6.45) is 0. The lowest BCUT2D eigenvalue weighted by atomic mass is 9.92. The lowest BCUT2D eigenvalue weighted by molar-refractivity contribution is 1.17. The molecule has 0 aliphatic rings. The van der Waals surface area contributed by atoms with Gasteiger partial charge in [0.25, 0.3) is 0 Å². The minimum Gasteiger partial charge on any atom is -0.307 e. The fourth-order valence-corrected chi connectivity index (χ4v) is 9.60. The summed E-state index contributed by atoms with van der Waals surface area (Å²) in [6.45, 7) is 0. The maximum atomic E-state index is 5.37. The van der Waals surface area contributed by atoms with Crippen LogP contribution >= 0.6 is 0 Å². The zero-order valence-electron chi connectivity index (χ0n) is 36.7. The van der Waals surface area contributed by atoms with Crippen molar-refractivity contribution >= 4 is 21.8 Å². The van der Waals surface area contributed by atoms with E-state index >= 15 is 0 Å². The SMILES string of the molecule is c1ccc(-c2ccc3c(c2)c2cc(-c4ccccc4)cc(-c4ccccc4)c2n3-c2c(-c3ccccc3)cc(-c3nc(-c4ccccc4)cc(-c4ccccc4)n3)cc2-c2ccccc2)cc1. The molecule has 0 saturated heterocycles. The molecule has 3 nitrogen and oxygen atoms in total. The Morgan fingerprint density at radius 3 is 1.09 bits per heavy atom. The number of aromatic nitrogens is 3. The summed E-state index contributed by atoms with van der Waals surface area (Å²) in [4.78, 5) is 10.7. The average Bonchev–Trinajstić information content (AvgIpc) is 3.75. The number of hydrogen-bond donors (Lipinski definition) is 0. The summed E-state index contributed by atoms with van der Waals surface area (Å²) in [5.74, 6) is 0.660. The highest BCUT2D eigenvalue weighted by molar-refractivity contribution is 6.17. The van der Waals surface area contributed by atoms with Gasteiger partial charge >= 0.3 is 0 Å². The van der Waals surface area contributed by atoms with Crippen LogP contribution in [0.3, 0.4) is 0 Å². The van der Waals surface area contributed by atoms with E-state index in [2.05, 4.69) is 253 Å². The van der Waals surface area contributed by atoms with Gasteiger partial charge in [-0.15, -0.1) is 0 Å². The van der Waals surface area contributed by atoms with E-state index in [1.807, 2.05) is 12.1 Å². The van der Waals surface area contributed by atoms with E-state index in [0.29, 0.717) is 5.82 Å². The number of hydrogen-bond acceptors (Lipinski definition) is 2. The summed E-state index contributed by atoms with van der Waals surface area (Å²) in [6, 6.07) is 93.3. The third-order valence-corrected chi connectivity index (χ3v) is 12.8. The van der Waals surface area contributed by atoms with Crippen LogP contribution in [-0.4, -0.2) is 14.5 Å². The molecule has 3 heteroatoms. The molecular weight excluding hydrogens is 811 g/mol. The van der Waals surface area contributed by atoms with Gasteiger partial charge in [0.15, 0.2) is 5.82 Å². The Hall–Kier alpha value is -8.92. The Morgan fingerprint density at radius 1 is 0.254 bits per heavy atom. The molecule has 2 aromatic heterocycles. The van der Waals surface area contributed by atoms with Crippen molar-refractivity contribution in [3.05, 3.63) is 261 Å². The highest BCUT2D eigenvalue weighted by atomic mass is 15.0. The number of fused-ring (bicyclic) bond motifs is 3. The fraction of sp³-hybridized carbons (Fsp3) is 0. The molecule has 12 rings (SSSR count). The van der Waals surface area contributed by atoms with Gasteiger partial charge in [0.2, 0.25) is 0 Å². The average molecular weight is 854 g/mol. The minimum atomic E-state index is 0.660. The van der Waals surface area contributed by atoms with Gasteiger partial charge in [0.1, 0.15) is 0 Å². The van der Waals surface area contributed by atoms with E-state index in [0.717, 1.165) is 78.2 Å². The molecular formula is C64H43N3. The van der Waals surface area contributed by atoms with Gasteiger partial charge in [-0.25, -0.2) is 9.97 Å². The van der Waals surface area contributed by atoms with Gasteiger partial charge in [0.05, 0.1) is 28.1 Å². The molecule has 12 aromatic rings. The second kappa shape index (κ2) is 17.2. The first-order valence-electron chi connectivity index (χ1n) is 22.8. The molecule has 0 N–H and O–H groups in total. The lowest BCUT2D eigenvalue weighted by Gasteiger charge is -2.22. The van der Waals surface area contributed by atoms with Crippen molar-refractivity contribution in [3.63, 3.8) is 0 Å².